The number of benzene rings is 1. The molecular formula is C14H12O2. The van der Waals surface area contributed by atoms with E-state index in [4.69, 9.17) is 11.2 Å². The third-order valence-corrected chi connectivity index (χ3v) is 2.55. The minimum atomic E-state index is -0.780. The topological polar surface area (TPSA) is 26.3 Å². The van der Waals surface area contributed by atoms with Crippen LogP contribution in [0.3, 0.4) is 0 Å². The van der Waals surface area contributed by atoms with Gasteiger partial charge in [0.1, 0.15) is 0 Å². The lowest BCUT2D eigenvalue weighted by Crippen LogP contribution is -2.20. The summed E-state index contributed by atoms with van der Waals surface area (Å²) in [6.45, 7) is 1.75. The smallest absolute Gasteiger partial charge is 0.335 e. The van der Waals surface area contributed by atoms with Gasteiger partial charge in [-0.25, -0.2) is 4.79 Å². The van der Waals surface area contributed by atoms with Gasteiger partial charge in [-0.3, -0.25) is 0 Å². The average Bonchev–Trinajstić information content (AvgIpc) is 2.57. The van der Waals surface area contributed by atoms with E-state index in [-0.39, 0.29) is 5.97 Å². The summed E-state index contributed by atoms with van der Waals surface area (Å²) in [5, 5.41) is 0. The van der Waals surface area contributed by atoms with E-state index in [1.165, 1.54) is 0 Å². The summed E-state index contributed by atoms with van der Waals surface area (Å²) in [6.07, 6.45) is 7.63. The first-order valence-corrected chi connectivity index (χ1v) is 5.10. The second kappa shape index (κ2) is 3.86. The van der Waals surface area contributed by atoms with Gasteiger partial charge in [0.25, 0.3) is 0 Å². The molecule has 1 unspecified atom stereocenters. The fourth-order valence-electron chi connectivity index (χ4n) is 1.68. The maximum atomic E-state index is 11.6. The van der Waals surface area contributed by atoms with E-state index in [2.05, 4.69) is 5.92 Å². The lowest BCUT2D eigenvalue weighted by molar-refractivity contribution is -0.141. The normalized spacial score (nSPS) is 26.5. The Morgan fingerprint density at radius 2 is 2.12 bits per heavy atom. The summed E-state index contributed by atoms with van der Waals surface area (Å²) >= 11 is 0. The molecule has 1 fully saturated rings. The molecule has 1 aliphatic rings. The Kier molecular flexibility index (Phi) is 2.54. The van der Waals surface area contributed by atoms with E-state index in [0.29, 0.717) is 12.0 Å². The van der Waals surface area contributed by atoms with Crippen molar-refractivity contribution in [3.8, 4) is 12.3 Å². The zero-order valence-corrected chi connectivity index (χ0v) is 9.07. The van der Waals surface area contributed by atoms with E-state index >= 15 is 0 Å². The number of carbonyl (C=O) groups excluding carboxylic acids is 1. The first-order chi connectivity index (χ1) is 7.63. The van der Waals surface area contributed by atoms with Crippen LogP contribution in [-0.2, 0) is 9.53 Å². The Bertz CT molecular complexity index is 479. The standard InChI is InChI=1S/C14H12O2/c1-3-14(2)10-12(13(15)16-14)9-11-7-5-4-6-8-11/h1,4-9H,10H2,2H3/b12-9+. The molecule has 1 heterocycles. The van der Waals surface area contributed by atoms with E-state index < -0.39 is 5.60 Å². The molecule has 80 valence electrons. The van der Waals surface area contributed by atoms with Crippen molar-refractivity contribution >= 4 is 12.0 Å². The molecule has 1 saturated heterocycles. The molecule has 16 heavy (non-hydrogen) atoms. The van der Waals surface area contributed by atoms with E-state index in [1.807, 2.05) is 36.4 Å². The largest absolute Gasteiger partial charge is 0.442 e. The lowest BCUT2D eigenvalue weighted by Gasteiger charge is -2.12. The van der Waals surface area contributed by atoms with Crippen molar-refractivity contribution in [2.24, 2.45) is 0 Å². The second-order valence-corrected chi connectivity index (χ2v) is 4.02. The van der Waals surface area contributed by atoms with Gasteiger partial charge < -0.3 is 4.74 Å². The van der Waals surface area contributed by atoms with Crippen LogP contribution in [0.25, 0.3) is 6.08 Å². The first-order valence-electron chi connectivity index (χ1n) is 5.10. The van der Waals surface area contributed by atoms with Gasteiger partial charge in [0, 0.05) is 12.0 Å². The van der Waals surface area contributed by atoms with Crippen molar-refractivity contribution in [2.45, 2.75) is 18.9 Å². The number of hydrogen-bond donors (Lipinski definition) is 0. The highest BCUT2D eigenvalue weighted by Crippen LogP contribution is 2.30. The highest BCUT2D eigenvalue weighted by atomic mass is 16.6. The Morgan fingerprint density at radius 3 is 2.69 bits per heavy atom. The van der Waals surface area contributed by atoms with Crippen molar-refractivity contribution in [3.63, 3.8) is 0 Å². The molecule has 0 radical (unpaired) electrons. The van der Waals surface area contributed by atoms with Crippen molar-refractivity contribution in [3.05, 3.63) is 41.5 Å². The summed E-state index contributed by atoms with van der Waals surface area (Å²) < 4.78 is 5.14. The minimum Gasteiger partial charge on any atom is -0.442 e. The predicted molar refractivity (Wildman–Crippen MR) is 62.4 cm³/mol. The maximum absolute atomic E-state index is 11.6. The van der Waals surface area contributed by atoms with Crippen LogP contribution in [0.15, 0.2) is 35.9 Å². The van der Waals surface area contributed by atoms with Crippen LogP contribution in [0.1, 0.15) is 18.9 Å². The number of hydrogen-bond acceptors (Lipinski definition) is 2. The highest BCUT2D eigenvalue weighted by Gasteiger charge is 2.37. The Morgan fingerprint density at radius 1 is 1.44 bits per heavy atom. The molecule has 2 heteroatoms. The second-order valence-electron chi connectivity index (χ2n) is 4.02. The van der Waals surface area contributed by atoms with Crippen molar-refractivity contribution in [1.29, 1.82) is 0 Å². The third-order valence-electron chi connectivity index (χ3n) is 2.55. The van der Waals surface area contributed by atoms with Crippen LogP contribution in [0.5, 0.6) is 0 Å². The van der Waals surface area contributed by atoms with Crippen LogP contribution < -0.4 is 0 Å². The van der Waals surface area contributed by atoms with Crippen molar-refractivity contribution in [2.75, 3.05) is 0 Å². The number of esters is 1. The van der Waals surface area contributed by atoms with Crippen LogP contribution in [0, 0.1) is 12.3 Å². The summed E-state index contributed by atoms with van der Waals surface area (Å²) in [4.78, 5) is 11.6. The molecule has 0 N–H and O–H groups in total. The Balaban J connectivity index is 2.28. The number of cyclic esters (lactones) is 1. The van der Waals surface area contributed by atoms with Gasteiger partial charge in [0.15, 0.2) is 5.60 Å². The molecule has 0 bridgehead atoms. The van der Waals surface area contributed by atoms with Gasteiger partial charge in [0.2, 0.25) is 0 Å². The molecule has 0 amide bonds. The van der Waals surface area contributed by atoms with Gasteiger partial charge in [-0.05, 0) is 18.6 Å². The van der Waals surface area contributed by atoms with Gasteiger partial charge in [-0.1, -0.05) is 36.3 Å². The lowest BCUT2D eigenvalue weighted by atomic mass is 9.99. The van der Waals surface area contributed by atoms with Crippen LogP contribution in [-0.4, -0.2) is 11.6 Å². The first kappa shape index (κ1) is 10.5. The molecule has 2 rings (SSSR count). The molecule has 0 aliphatic carbocycles. The quantitative estimate of drug-likeness (QED) is 0.406. The maximum Gasteiger partial charge on any atom is 0.335 e. The zero-order valence-electron chi connectivity index (χ0n) is 9.07. The fourth-order valence-corrected chi connectivity index (χ4v) is 1.68. The van der Waals surface area contributed by atoms with E-state index in [1.54, 1.807) is 6.92 Å². The SMILES string of the molecule is C#CC1(C)C/C(=C\c2ccccc2)C(=O)O1. The number of rotatable bonds is 1. The molecule has 0 spiro atoms. The monoisotopic (exact) mass is 212 g/mol. The molecule has 0 saturated carbocycles. The van der Waals surface area contributed by atoms with Crippen LogP contribution >= 0.6 is 0 Å². The van der Waals surface area contributed by atoms with Crippen LogP contribution in [0.4, 0.5) is 0 Å². The number of ether oxygens (including phenoxy) is 1. The molecule has 2 nitrogen and oxygen atoms in total. The summed E-state index contributed by atoms with van der Waals surface area (Å²) in [5.41, 5.74) is 0.833. The van der Waals surface area contributed by atoms with Gasteiger partial charge in [0.05, 0.1) is 0 Å². The highest BCUT2D eigenvalue weighted by molar-refractivity contribution is 5.96. The molecule has 0 aromatic heterocycles. The number of carbonyl (C=O) groups is 1. The third kappa shape index (κ3) is 1.99. The molecule has 1 aromatic carbocycles. The van der Waals surface area contributed by atoms with Gasteiger partial charge >= 0.3 is 5.97 Å². The molecule has 1 atom stereocenters. The Hall–Kier alpha value is -2.01. The zero-order chi connectivity index (χ0) is 11.6. The average molecular weight is 212 g/mol. The number of terminal acetylenes is 1. The molecule has 1 aliphatic heterocycles. The molecule has 1 aromatic rings. The van der Waals surface area contributed by atoms with Gasteiger partial charge in [-0.2, -0.15) is 0 Å². The van der Waals surface area contributed by atoms with Crippen molar-refractivity contribution < 1.29 is 9.53 Å². The summed E-state index contributed by atoms with van der Waals surface area (Å²) in [7, 11) is 0. The fraction of sp³-hybridized carbons (Fsp3) is 0.214. The Labute approximate surface area is 94.9 Å². The summed E-state index contributed by atoms with van der Waals surface area (Å²) in [6, 6.07) is 9.65. The minimum absolute atomic E-state index is 0.315. The van der Waals surface area contributed by atoms with Gasteiger partial charge in [-0.15, -0.1) is 6.42 Å². The summed E-state index contributed by atoms with van der Waals surface area (Å²) in [5.74, 6) is 2.19. The van der Waals surface area contributed by atoms with E-state index in [9.17, 15) is 4.79 Å². The van der Waals surface area contributed by atoms with Crippen molar-refractivity contribution in [1.82, 2.24) is 0 Å². The molecular weight excluding hydrogens is 200 g/mol. The predicted octanol–water partition coefficient (Wildman–Crippen LogP) is 2.41. The van der Waals surface area contributed by atoms with Crippen LogP contribution in [0.2, 0.25) is 0 Å². The van der Waals surface area contributed by atoms with E-state index in [0.717, 1.165) is 5.56 Å².